The highest BCUT2D eigenvalue weighted by Gasteiger charge is 2.18. The van der Waals surface area contributed by atoms with E-state index in [0.29, 0.717) is 5.13 Å². The van der Waals surface area contributed by atoms with E-state index in [1.165, 1.54) is 35.1 Å². The standard InChI is InChI=1S/C15H23N3O2S/c1-4-9-20-15(19)17-14-16-12(3)13(21-14)10-18-7-5-11(2)6-8-18/h4,11H,1,5-10H2,2-3H3,(H,16,17,19). The number of aryl methyl sites for hydroxylation is 1. The van der Waals surface area contributed by atoms with Crippen LogP contribution in [0.25, 0.3) is 0 Å². The zero-order chi connectivity index (χ0) is 15.2. The molecule has 1 aromatic heterocycles. The summed E-state index contributed by atoms with van der Waals surface area (Å²) in [5, 5.41) is 3.26. The maximum Gasteiger partial charge on any atom is 0.413 e. The molecule has 1 aliphatic heterocycles. The Morgan fingerprint density at radius 3 is 2.95 bits per heavy atom. The molecule has 0 aliphatic carbocycles. The van der Waals surface area contributed by atoms with Crippen LogP contribution >= 0.6 is 11.3 Å². The van der Waals surface area contributed by atoms with E-state index < -0.39 is 6.09 Å². The van der Waals surface area contributed by atoms with Crippen LogP contribution in [0.3, 0.4) is 0 Å². The summed E-state index contributed by atoms with van der Waals surface area (Å²) in [6.07, 6.45) is 3.57. The summed E-state index contributed by atoms with van der Waals surface area (Å²) < 4.78 is 4.89. The fraction of sp³-hybridized carbons (Fsp3) is 0.600. The Hall–Kier alpha value is -1.40. The minimum atomic E-state index is -0.484. The number of ether oxygens (including phenoxy) is 1. The van der Waals surface area contributed by atoms with Gasteiger partial charge in [0.15, 0.2) is 5.13 Å². The van der Waals surface area contributed by atoms with E-state index in [1.807, 2.05) is 6.92 Å². The van der Waals surface area contributed by atoms with Gasteiger partial charge >= 0.3 is 6.09 Å². The van der Waals surface area contributed by atoms with E-state index in [2.05, 4.69) is 28.7 Å². The number of carbonyl (C=O) groups is 1. The minimum Gasteiger partial charge on any atom is -0.445 e. The number of nitrogens with one attached hydrogen (secondary N) is 1. The number of amides is 1. The van der Waals surface area contributed by atoms with Crippen LogP contribution in [0.2, 0.25) is 0 Å². The molecule has 1 fully saturated rings. The van der Waals surface area contributed by atoms with Gasteiger partial charge in [0.05, 0.1) is 5.69 Å². The van der Waals surface area contributed by atoms with E-state index in [9.17, 15) is 4.79 Å². The molecule has 0 radical (unpaired) electrons. The summed E-state index contributed by atoms with van der Waals surface area (Å²) in [7, 11) is 0. The molecule has 1 N–H and O–H groups in total. The fourth-order valence-corrected chi connectivity index (χ4v) is 3.30. The largest absolute Gasteiger partial charge is 0.445 e. The van der Waals surface area contributed by atoms with E-state index in [-0.39, 0.29) is 6.61 Å². The summed E-state index contributed by atoms with van der Waals surface area (Å²) in [6.45, 7) is 11.2. The van der Waals surface area contributed by atoms with Crippen LogP contribution in [0.1, 0.15) is 30.3 Å². The van der Waals surface area contributed by atoms with E-state index >= 15 is 0 Å². The highest BCUT2D eigenvalue weighted by Crippen LogP contribution is 2.26. The molecular weight excluding hydrogens is 286 g/mol. The van der Waals surface area contributed by atoms with Crippen molar-refractivity contribution in [3.63, 3.8) is 0 Å². The van der Waals surface area contributed by atoms with Crippen LogP contribution in [0.4, 0.5) is 9.93 Å². The van der Waals surface area contributed by atoms with Crippen molar-refractivity contribution in [3.05, 3.63) is 23.2 Å². The molecule has 0 saturated carbocycles. The summed E-state index contributed by atoms with van der Waals surface area (Å²) >= 11 is 1.53. The first-order valence-corrected chi connectivity index (χ1v) is 8.13. The molecule has 0 unspecified atom stereocenters. The molecule has 1 aromatic rings. The van der Waals surface area contributed by atoms with Gasteiger partial charge in [-0.2, -0.15) is 0 Å². The van der Waals surface area contributed by atoms with Crippen LogP contribution in [-0.4, -0.2) is 35.7 Å². The van der Waals surface area contributed by atoms with E-state index in [4.69, 9.17) is 4.74 Å². The van der Waals surface area contributed by atoms with Crippen molar-refractivity contribution in [1.29, 1.82) is 0 Å². The molecule has 0 aromatic carbocycles. The number of piperidine rings is 1. The van der Waals surface area contributed by atoms with Crippen LogP contribution in [-0.2, 0) is 11.3 Å². The van der Waals surface area contributed by atoms with Crippen LogP contribution in [0.15, 0.2) is 12.7 Å². The average molecular weight is 309 g/mol. The second kappa shape index (κ2) is 7.56. The highest BCUT2D eigenvalue weighted by atomic mass is 32.1. The van der Waals surface area contributed by atoms with Gasteiger partial charge in [-0.3, -0.25) is 10.2 Å². The number of likely N-dealkylation sites (tertiary alicyclic amines) is 1. The zero-order valence-corrected chi connectivity index (χ0v) is 13.5. The quantitative estimate of drug-likeness (QED) is 0.847. The lowest BCUT2D eigenvalue weighted by molar-refractivity contribution is 0.174. The van der Waals surface area contributed by atoms with Gasteiger partial charge in [0.2, 0.25) is 0 Å². The Morgan fingerprint density at radius 2 is 2.29 bits per heavy atom. The second-order valence-electron chi connectivity index (χ2n) is 5.50. The lowest BCUT2D eigenvalue weighted by atomic mass is 9.99. The molecule has 0 atom stereocenters. The molecular formula is C15H23N3O2S. The monoisotopic (exact) mass is 309 g/mol. The molecule has 2 heterocycles. The fourth-order valence-electron chi connectivity index (χ4n) is 2.31. The number of thiazole rings is 1. The Kier molecular flexibility index (Phi) is 5.76. The van der Waals surface area contributed by atoms with Crippen LogP contribution in [0.5, 0.6) is 0 Å². The Labute approximate surface area is 130 Å². The molecule has 2 rings (SSSR count). The molecule has 21 heavy (non-hydrogen) atoms. The third-order valence-electron chi connectivity index (χ3n) is 3.68. The molecule has 1 aliphatic rings. The van der Waals surface area contributed by atoms with Crippen molar-refractivity contribution in [1.82, 2.24) is 9.88 Å². The van der Waals surface area contributed by atoms with Crippen molar-refractivity contribution >= 4 is 22.6 Å². The number of anilines is 1. The Bertz CT molecular complexity index is 493. The molecule has 0 spiro atoms. The number of hydrogen-bond acceptors (Lipinski definition) is 5. The van der Waals surface area contributed by atoms with Gasteiger partial charge in [-0.1, -0.05) is 30.9 Å². The first-order chi connectivity index (χ1) is 10.1. The normalized spacial score (nSPS) is 16.7. The molecule has 1 amide bonds. The lowest BCUT2D eigenvalue weighted by Crippen LogP contribution is -2.32. The Balaban J connectivity index is 1.89. The third kappa shape index (κ3) is 4.82. The van der Waals surface area contributed by atoms with Crippen molar-refractivity contribution in [2.75, 3.05) is 25.0 Å². The summed E-state index contributed by atoms with van der Waals surface area (Å²) in [4.78, 5) is 19.6. The predicted octanol–water partition coefficient (Wildman–Crippen LogP) is 3.42. The molecule has 0 bridgehead atoms. The van der Waals surface area contributed by atoms with Gasteiger partial charge in [0, 0.05) is 11.4 Å². The Morgan fingerprint density at radius 1 is 1.57 bits per heavy atom. The molecule has 5 nitrogen and oxygen atoms in total. The molecule has 6 heteroatoms. The van der Waals surface area contributed by atoms with Crippen LogP contribution in [0, 0.1) is 12.8 Å². The van der Waals surface area contributed by atoms with Crippen LogP contribution < -0.4 is 5.32 Å². The topological polar surface area (TPSA) is 54.5 Å². The van der Waals surface area contributed by atoms with Gasteiger partial charge in [-0.15, -0.1) is 0 Å². The van der Waals surface area contributed by atoms with Gasteiger partial charge in [-0.05, 0) is 38.8 Å². The van der Waals surface area contributed by atoms with E-state index in [0.717, 1.165) is 31.2 Å². The van der Waals surface area contributed by atoms with Gasteiger partial charge in [0.1, 0.15) is 6.61 Å². The van der Waals surface area contributed by atoms with E-state index in [1.54, 1.807) is 0 Å². The smallest absolute Gasteiger partial charge is 0.413 e. The third-order valence-corrected chi connectivity index (χ3v) is 4.74. The van der Waals surface area contributed by atoms with Crippen molar-refractivity contribution in [2.45, 2.75) is 33.2 Å². The minimum absolute atomic E-state index is 0.203. The average Bonchev–Trinajstić information content (AvgIpc) is 2.79. The van der Waals surface area contributed by atoms with Gasteiger partial charge in [0.25, 0.3) is 0 Å². The number of rotatable bonds is 5. The highest BCUT2D eigenvalue weighted by molar-refractivity contribution is 7.15. The summed E-state index contributed by atoms with van der Waals surface area (Å²) in [6, 6.07) is 0. The van der Waals surface area contributed by atoms with Crippen molar-refractivity contribution in [3.8, 4) is 0 Å². The number of hydrogen-bond donors (Lipinski definition) is 1. The predicted molar refractivity (Wildman–Crippen MR) is 85.7 cm³/mol. The zero-order valence-electron chi connectivity index (χ0n) is 12.7. The SMILES string of the molecule is C=CCOC(=O)Nc1nc(C)c(CN2CCC(C)CC2)s1. The molecule has 1 saturated heterocycles. The van der Waals surface area contributed by atoms with Crippen molar-refractivity contribution in [2.24, 2.45) is 5.92 Å². The number of aromatic nitrogens is 1. The first kappa shape index (κ1) is 16.0. The van der Waals surface area contributed by atoms with Crippen molar-refractivity contribution < 1.29 is 9.53 Å². The van der Waals surface area contributed by atoms with Gasteiger partial charge in [-0.25, -0.2) is 9.78 Å². The first-order valence-electron chi connectivity index (χ1n) is 7.31. The number of nitrogens with zero attached hydrogens (tertiary/aromatic N) is 2. The lowest BCUT2D eigenvalue weighted by Gasteiger charge is -2.29. The maximum atomic E-state index is 11.5. The maximum absolute atomic E-state index is 11.5. The summed E-state index contributed by atoms with van der Waals surface area (Å²) in [5.41, 5.74) is 0.984. The van der Waals surface area contributed by atoms with Gasteiger partial charge < -0.3 is 4.74 Å². The summed E-state index contributed by atoms with van der Waals surface area (Å²) in [5.74, 6) is 0.834. The second-order valence-corrected chi connectivity index (χ2v) is 6.58. The molecule has 116 valence electrons. The number of carbonyl (C=O) groups excluding carboxylic acids is 1.